The van der Waals surface area contributed by atoms with Crippen molar-refractivity contribution in [1.29, 1.82) is 0 Å². The molecule has 5 heteroatoms. The van der Waals surface area contributed by atoms with Crippen molar-refractivity contribution in [3.8, 4) is 0 Å². The summed E-state index contributed by atoms with van der Waals surface area (Å²) >= 11 is 0. The first-order valence-corrected chi connectivity index (χ1v) is 7.23. The van der Waals surface area contributed by atoms with Gasteiger partial charge in [-0.3, -0.25) is 9.20 Å². The number of hydrogen-bond donors (Lipinski definition) is 0. The van der Waals surface area contributed by atoms with Crippen molar-refractivity contribution in [2.45, 2.75) is 38.6 Å². The van der Waals surface area contributed by atoms with Crippen LogP contribution < -0.4 is 0 Å². The molecule has 1 aliphatic carbocycles. The lowest BCUT2D eigenvalue weighted by atomic mass is 9.85. The van der Waals surface area contributed by atoms with Crippen LogP contribution in [0.15, 0.2) is 24.7 Å². The highest BCUT2D eigenvalue weighted by molar-refractivity contribution is 5.92. The van der Waals surface area contributed by atoms with Gasteiger partial charge in [-0.05, 0) is 24.8 Å². The maximum absolute atomic E-state index is 12.6. The quantitative estimate of drug-likeness (QED) is 0.843. The summed E-state index contributed by atoms with van der Waals surface area (Å²) in [6.07, 6.45) is 10.1. The first-order chi connectivity index (χ1) is 9.66. The Morgan fingerprint density at radius 2 is 2.20 bits per heavy atom. The number of fused-ring (bicyclic) bond motifs is 1. The summed E-state index contributed by atoms with van der Waals surface area (Å²) in [4.78, 5) is 22.9. The molecular formula is C15H20N4O. The summed E-state index contributed by atoms with van der Waals surface area (Å²) in [5, 5.41) is 0. The third-order valence-electron chi connectivity index (χ3n) is 4.34. The molecule has 2 atom stereocenters. The zero-order valence-electron chi connectivity index (χ0n) is 12.0. The predicted octanol–water partition coefficient (Wildman–Crippen LogP) is 2.38. The summed E-state index contributed by atoms with van der Waals surface area (Å²) in [6, 6.07) is 2.16. The van der Waals surface area contributed by atoms with E-state index in [0.717, 1.165) is 6.42 Å². The van der Waals surface area contributed by atoms with Crippen molar-refractivity contribution < 1.29 is 4.79 Å². The highest BCUT2D eigenvalue weighted by Gasteiger charge is 2.29. The lowest BCUT2D eigenvalue weighted by molar-refractivity contribution is 0.0623. The van der Waals surface area contributed by atoms with Gasteiger partial charge in [0.1, 0.15) is 5.69 Å². The molecule has 3 rings (SSSR count). The summed E-state index contributed by atoms with van der Waals surface area (Å²) in [6.45, 7) is 2.23. The molecule has 0 radical (unpaired) electrons. The number of hydrogen-bond acceptors (Lipinski definition) is 3. The second-order valence-corrected chi connectivity index (χ2v) is 5.70. The number of rotatable bonds is 2. The van der Waals surface area contributed by atoms with E-state index in [4.69, 9.17) is 0 Å². The van der Waals surface area contributed by atoms with E-state index in [1.54, 1.807) is 16.8 Å². The standard InChI is InChI=1S/C15H20N4O/c1-11-6-3-4-7-13(11)18(2)14(20)12-10-19-9-5-8-16-15(19)17-12/h5,8-11,13H,3-4,6-7H2,1-2H3/t11-,13+/m0/s1. The maximum Gasteiger partial charge on any atom is 0.274 e. The molecule has 0 bridgehead atoms. The summed E-state index contributed by atoms with van der Waals surface area (Å²) in [5.41, 5.74) is 0.476. The third kappa shape index (κ3) is 2.28. The Morgan fingerprint density at radius 1 is 1.40 bits per heavy atom. The molecular weight excluding hydrogens is 252 g/mol. The minimum absolute atomic E-state index is 0.00532. The van der Waals surface area contributed by atoms with E-state index in [-0.39, 0.29) is 5.91 Å². The highest BCUT2D eigenvalue weighted by atomic mass is 16.2. The van der Waals surface area contributed by atoms with E-state index >= 15 is 0 Å². The van der Waals surface area contributed by atoms with Gasteiger partial charge in [-0.2, -0.15) is 0 Å². The van der Waals surface area contributed by atoms with Gasteiger partial charge in [0.05, 0.1) is 0 Å². The number of carbonyl (C=O) groups is 1. The number of amides is 1. The van der Waals surface area contributed by atoms with Crippen LogP contribution in [0.3, 0.4) is 0 Å². The zero-order valence-corrected chi connectivity index (χ0v) is 12.0. The van der Waals surface area contributed by atoms with Gasteiger partial charge in [-0.25, -0.2) is 9.97 Å². The number of aromatic nitrogens is 3. The van der Waals surface area contributed by atoms with E-state index in [1.807, 2.05) is 24.2 Å². The van der Waals surface area contributed by atoms with Crippen molar-refractivity contribution in [2.24, 2.45) is 5.92 Å². The van der Waals surface area contributed by atoms with E-state index in [1.165, 1.54) is 19.3 Å². The van der Waals surface area contributed by atoms with E-state index < -0.39 is 0 Å². The predicted molar refractivity (Wildman–Crippen MR) is 76.5 cm³/mol. The number of nitrogens with zero attached hydrogens (tertiary/aromatic N) is 4. The average Bonchev–Trinajstić information content (AvgIpc) is 2.90. The van der Waals surface area contributed by atoms with Crippen molar-refractivity contribution in [3.63, 3.8) is 0 Å². The average molecular weight is 272 g/mol. The Balaban J connectivity index is 1.83. The first-order valence-electron chi connectivity index (χ1n) is 7.23. The molecule has 2 aromatic heterocycles. The van der Waals surface area contributed by atoms with Gasteiger partial charge in [-0.15, -0.1) is 0 Å². The van der Waals surface area contributed by atoms with Crippen molar-refractivity contribution in [2.75, 3.05) is 7.05 Å². The normalized spacial score (nSPS) is 22.9. The van der Waals surface area contributed by atoms with Gasteiger partial charge in [0.2, 0.25) is 5.78 Å². The summed E-state index contributed by atoms with van der Waals surface area (Å²) in [5.74, 6) is 1.13. The minimum atomic E-state index is -0.00532. The van der Waals surface area contributed by atoms with Crippen LogP contribution in [0.5, 0.6) is 0 Å². The molecule has 106 valence electrons. The largest absolute Gasteiger partial charge is 0.337 e. The number of imidazole rings is 1. The summed E-state index contributed by atoms with van der Waals surface area (Å²) in [7, 11) is 1.90. The molecule has 20 heavy (non-hydrogen) atoms. The number of carbonyl (C=O) groups excluding carboxylic acids is 1. The molecule has 0 aromatic carbocycles. The topological polar surface area (TPSA) is 50.5 Å². The molecule has 2 aromatic rings. The lowest BCUT2D eigenvalue weighted by Gasteiger charge is -2.35. The molecule has 1 fully saturated rings. The smallest absolute Gasteiger partial charge is 0.274 e. The molecule has 1 aliphatic rings. The Bertz CT molecular complexity index is 588. The molecule has 5 nitrogen and oxygen atoms in total. The van der Waals surface area contributed by atoms with Crippen LogP contribution in [0.2, 0.25) is 0 Å². The SMILES string of the molecule is C[C@H]1CCCC[C@H]1N(C)C(=O)c1cn2cccnc2n1. The van der Waals surface area contributed by atoms with Crippen LogP contribution in [0, 0.1) is 5.92 Å². The van der Waals surface area contributed by atoms with Gasteiger partial charge in [-0.1, -0.05) is 19.8 Å². The van der Waals surface area contributed by atoms with E-state index in [9.17, 15) is 4.79 Å². The first kappa shape index (κ1) is 13.1. The van der Waals surface area contributed by atoms with Gasteiger partial charge < -0.3 is 4.90 Å². The zero-order chi connectivity index (χ0) is 14.1. The second kappa shape index (κ2) is 5.23. The Hall–Kier alpha value is -1.91. The molecule has 0 spiro atoms. The molecule has 0 aliphatic heterocycles. The third-order valence-corrected chi connectivity index (χ3v) is 4.34. The van der Waals surface area contributed by atoms with E-state index in [2.05, 4.69) is 16.9 Å². The highest BCUT2D eigenvalue weighted by Crippen LogP contribution is 2.28. The molecule has 1 amide bonds. The molecule has 0 N–H and O–H groups in total. The maximum atomic E-state index is 12.6. The van der Waals surface area contributed by atoms with Crippen LogP contribution in [0.25, 0.3) is 5.78 Å². The van der Waals surface area contributed by atoms with Crippen LogP contribution >= 0.6 is 0 Å². The second-order valence-electron chi connectivity index (χ2n) is 5.70. The fraction of sp³-hybridized carbons (Fsp3) is 0.533. The molecule has 1 saturated carbocycles. The van der Waals surface area contributed by atoms with Crippen LogP contribution in [0.1, 0.15) is 43.1 Å². The summed E-state index contributed by atoms with van der Waals surface area (Å²) < 4.78 is 1.78. The van der Waals surface area contributed by atoms with Crippen LogP contribution in [-0.4, -0.2) is 38.3 Å². The van der Waals surface area contributed by atoms with E-state index in [0.29, 0.717) is 23.4 Å². The monoisotopic (exact) mass is 272 g/mol. The van der Waals surface area contributed by atoms with Gasteiger partial charge in [0.15, 0.2) is 0 Å². The van der Waals surface area contributed by atoms with Crippen LogP contribution in [-0.2, 0) is 0 Å². The van der Waals surface area contributed by atoms with Crippen LogP contribution in [0.4, 0.5) is 0 Å². The Morgan fingerprint density at radius 3 is 2.95 bits per heavy atom. The molecule has 2 heterocycles. The minimum Gasteiger partial charge on any atom is -0.337 e. The van der Waals surface area contributed by atoms with Crippen molar-refractivity contribution in [3.05, 3.63) is 30.4 Å². The fourth-order valence-electron chi connectivity index (χ4n) is 3.14. The molecule has 0 saturated heterocycles. The fourth-order valence-corrected chi connectivity index (χ4v) is 3.14. The Kier molecular flexibility index (Phi) is 3.42. The van der Waals surface area contributed by atoms with Crippen molar-refractivity contribution >= 4 is 11.7 Å². The van der Waals surface area contributed by atoms with Gasteiger partial charge in [0.25, 0.3) is 5.91 Å². The lowest BCUT2D eigenvalue weighted by Crippen LogP contribution is -2.42. The Labute approximate surface area is 118 Å². The van der Waals surface area contributed by atoms with Crippen molar-refractivity contribution in [1.82, 2.24) is 19.3 Å². The van der Waals surface area contributed by atoms with Gasteiger partial charge in [0, 0.05) is 31.7 Å². The molecule has 0 unspecified atom stereocenters. The van der Waals surface area contributed by atoms with Gasteiger partial charge >= 0.3 is 0 Å².